The van der Waals surface area contributed by atoms with Crippen molar-refractivity contribution in [3.63, 3.8) is 0 Å². The molecule has 0 spiro atoms. The summed E-state index contributed by atoms with van der Waals surface area (Å²) in [5.74, 6) is 0. The summed E-state index contributed by atoms with van der Waals surface area (Å²) in [6, 6.07) is 17.0. The Balaban J connectivity index is 1.52. The number of hydrogen-bond donors (Lipinski definition) is 2. The summed E-state index contributed by atoms with van der Waals surface area (Å²) in [5.41, 5.74) is 4.18. The van der Waals surface area contributed by atoms with Gasteiger partial charge in [-0.15, -0.1) is 0 Å². The molecule has 28 heavy (non-hydrogen) atoms. The first-order valence-corrected chi connectivity index (χ1v) is 9.85. The van der Waals surface area contributed by atoms with Gasteiger partial charge in [-0.1, -0.05) is 41.9 Å². The highest BCUT2D eigenvalue weighted by Crippen LogP contribution is 2.35. The Bertz CT molecular complexity index is 1060. The number of urea groups is 1. The van der Waals surface area contributed by atoms with Crippen LogP contribution in [0.2, 0.25) is 5.15 Å². The van der Waals surface area contributed by atoms with Crippen LogP contribution in [0.3, 0.4) is 0 Å². The zero-order chi connectivity index (χ0) is 19.5. The summed E-state index contributed by atoms with van der Waals surface area (Å²) >= 11 is 7.25. The van der Waals surface area contributed by atoms with E-state index < -0.39 is 0 Å². The second-order valence-corrected chi connectivity index (χ2v) is 7.44. The van der Waals surface area contributed by atoms with Gasteiger partial charge in [0, 0.05) is 24.5 Å². The molecule has 0 unspecified atom stereocenters. The average molecular weight is 410 g/mol. The zero-order valence-corrected chi connectivity index (χ0v) is 16.3. The minimum atomic E-state index is -0.275. The lowest BCUT2D eigenvalue weighted by molar-refractivity contribution is 0.262. The fourth-order valence-corrected chi connectivity index (χ4v) is 4.33. The van der Waals surface area contributed by atoms with E-state index in [-0.39, 0.29) is 11.2 Å². The Morgan fingerprint density at radius 3 is 2.79 bits per heavy atom. The zero-order valence-electron chi connectivity index (χ0n) is 14.8. The number of amides is 2. The number of fused-ring (bicyclic) bond motifs is 1. The number of carbonyl (C=O) groups excluding carboxylic acids is 1. The van der Waals surface area contributed by atoms with Gasteiger partial charge in [0.2, 0.25) is 0 Å². The van der Waals surface area contributed by atoms with Crippen molar-refractivity contribution in [3.05, 3.63) is 70.4 Å². The van der Waals surface area contributed by atoms with Crippen LogP contribution >= 0.6 is 23.1 Å². The number of aromatic nitrogens is 1. The highest BCUT2D eigenvalue weighted by Gasteiger charge is 2.24. The number of halogens is 1. The molecule has 2 N–H and O–H groups in total. The molecule has 6 nitrogen and oxygen atoms in total. The van der Waals surface area contributed by atoms with Gasteiger partial charge in [0.25, 0.3) is 0 Å². The first-order valence-electron chi connectivity index (χ1n) is 8.69. The molecule has 1 aliphatic rings. The molecule has 0 saturated carbocycles. The van der Waals surface area contributed by atoms with E-state index in [1.165, 1.54) is 11.5 Å². The Morgan fingerprint density at radius 1 is 1.18 bits per heavy atom. The lowest BCUT2D eigenvalue weighted by Crippen LogP contribution is -2.31. The number of rotatable bonds is 3. The van der Waals surface area contributed by atoms with E-state index in [9.17, 15) is 10.1 Å². The smallest absolute Gasteiger partial charge is 0.323 e. The Hall–Kier alpha value is -3.08. The standard InChI is InChI=1S/C20H16ClN5OS/c21-18-16(11-22)19(28-25-18)26-10-9-15-13(12-26)5-4-8-17(15)24-20(27)23-14-6-2-1-3-7-14/h1-8H,9-10,12H2,(H2,23,24,27). The van der Waals surface area contributed by atoms with Crippen LogP contribution < -0.4 is 15.5 Å². The van der Waals surface area contributed by atoms with Crippen LogP contribution in [0.15, 0.2) is 48.5 Å². The van der Waals surface area contributed by atoms with Gasteiger partial charge in [0.1, 0.15) is 16.6 Å². The fraction of sp³-hybridized carbons (Fsp3) is 0.150. The monoisotopic (exact) mass is 409 g/mol. The Kier molecular flexibility index (Phi) is 5.15. The van der Waals surface area contributed by atoms with Crippen LogP contribution in [-0.4, -0.2) is 16.9 Å². The van der Waals surface area contributed by atoms with Crippen molar-refractivity contribution in [1.29, 1.82) is 5.26 Å². The largest absolute Gasteiger partial charge is 0.356 e. The van der Waals surface area contributed by atoms with Gasteiger partial charge in [0.15, 0.2) is 5.15 Å². The molecule has 3 aromatic rings. The topological polar surface area (TPSA) is 81.1 Å². The quantitative estimate of drug-likeness (QED) is 0.646. The molecule has 1 aliphatic heterocycles. The van der Waals surface area contributed by atoms with Crippen molar-refractivity contribution >= 4 is 45.5 Å². The summed E-state index contributed by atoms with van der Waals surface area (Å²) in [6.07, 6.45) is 0.748. The van der Waals surface area contributed by atoms with E-state index in [1.807, 2.05) is 48.5 Å². The molecular weight excluding hydrogens is 394 g/mol. The average Bonchev–Trinajstić information content (AvgIpc) is 3.09. The van der Waals surface area contributed by atoms with E-state index in [0.717, 1.165) is 40.5 Å². The summed E-state index contributed by atoms with van der Waals surface area (Å²) in [7, 11) is 0. The number of nitrogens with zero attached hydrogens (tertiary/aromatic N) is 3. The van der Waals surface area contributed by atoms with Gasteiger partial charge in [-0.25, -0.2) is 4.79 Å². The van der Waals surface area contributed by atoms with Crippen molar-refractivity contribution in [3.8, 4) is 6.07 Å². The van der Waals surface area contributed by atoms with Gasteiger partial charge >= 0.3 is 6.03 Å². The summed E-state index contributed by atoms with van der Waals surface area (Å²) in [5, 5.41) is 16.2. The molecule has 0 bridgehead atoms. The lowest BCUT2D eigenvalue weighted by Gasteiger charge is -2.30. The van der Waals surface area contributed by atoms with Crippen molar-refractivity contribution < 1.29 is 4.79 Å². The second kappa shape index (κ2) is 7.89. The number of carbonyl (C=O) groups is 1. The minimum Gasteiger partial charge on any atom is -0.356 e. The molecule has 2 aromatic carbocycles. The van der Waals surface area contributed by atoms with Crippen LogP contribution in [0.25, 0.3) is 0 Å². The first-order chi connectivity index (χ1) is 13.7. The van der Waals surface area contributed by atoms with E-state index >= 15 is 0 Å². The normalized spacial score (nSPS) is 12.8. The SMILES string of the molecule is N#Cc1c(Cl)nsc1N1CCc2c(cccc2NC(=O)Nc2ccccc2)C1. The number of benzene rings is 2. The van der Waals surface area contributed by atoms with Crippen LogP contribution in [0.4, 0.5) is 21.2 Å². The van der Waals surface area contributed by atoms with E-state index in [4.69, 9.17) is 11.6 Å². The van der Waals surface area contributed by atoms with Crippen molar-refractivity contribution in [2.24, 2.45) is 0 Å². The third-order valence-electron chi connectivity index (χ3n) is 4.58. The molecule has 1 aromatic heterocycles. The Morgan fingerprint density at radius 2 is 2.00 bits per heavy atom. The molecular formula is C20H16ClN5OS. The van der Waals surface area contributed by atoms with Gasteiger partial charge in [-0.05, 0) is 47.3 Å². The number of hydrogen-bond acceptors (Lipinski definition) is 5. The molecule has 2 amide bonds. The maximum atomic E-state index is 12.3. The first kappa shape index (κ1) is 18.3. The maximum absolute atomic E-state index is 12.3. The molecule has 0 saturated heterocycles. The molecule has 140 valence electrons. The number of nitrogens with one attached hydrogen (secondary N) is 2. The molecule has 8 heteroatoms. The molecule has 0 atom stereocenters. The Labute approximate surface area is 171 Å². The summed E-state index contributed by atoms with van der Waals surface area (Å²) in [4.78, 5) is 14.5. The van der Waals surface area contributed by atoms with Crippen molar-refractivity contribution in [2.75, 3.05) is 22.1 Å². The predicted molar refractivity (Wildman–Crippen MR) is 112 cm³/mol. The molecule has 2 heterocycles. The third kappa shape index (κ3) is 3.65. The van der Waals surface area contributed by atoms with Crippen molar-refractivity contribution in [1.82, 2.24) is 4.37 Å². The molecule has 4 rings (SSSR count). The van der Waals surface area contributed by atoms with Gasteiger partial charge in [-0.3, -0.25) is 0 Å². The van der Waals surface area contributed by atoms with Gasteiger partial charge in [-0.2, -0.15) is 9.64 Å². The maximum Gasteiger partial charge on any atom is 0.323 e. The third-order valence-corrected chi connectivity index (χ3v) is 5.86. The van der Waals surface area contributed by atoms with Crippen molar-refractivity contribution in [2.45, 2.75) is 13.0 Å². The number of anilines is 3. The fourth-order valence-electron chi connectivity index (χ4n) is 3.28. The molecule has 0 fully saturated rings. The van der Waals surface area contributed by atoms with Crippen LogP contribution in [-0.2, 0) is 13.0 Å². The van der Waals surface area contributed by atoms with Crippen LogP contribution in [0.5, 0.6) is 0 Å². The van der Waals surface area contributed by atoms with Crippen LogP contribution in [0, 0.1) is 11.3 Å². The summed E-state index contributed by atoms with van der Waals surface area (Å²) < 4.78 is 4.09. The van der Waals surface area contributed by atoms with Gasteiger partial charge in [0.05, 0.1) is 0 Å². The molecule has 0 aliphatic carbocycles. The second-order valence-electron chi connectivity index (χ2n) is 6.33. The van der Waals surface area contributed by atoms with E-state index in [2.05, 4.69) is 26.0 Å². The highest BCUT2D eigenvalue weighted by molar-refractivity contribution is 7.10. The number of para-hydroxylation sites is 1. The summed E-state index contributed by atoms with van der Waals surface area (Å²) in [6.45, 7) is 1.36. The predicted octanol–water partition coefficient (Wildman–Crippen LogP) is 4.87. The highest BCUT2D eigenvalue weighted by atomic mass is 35.5. The van der Waals surface area contributed by atoms with E-state index in [1.54, 1.807) is 0 Å². The lowest BCUT2D eigenvalue weighted by atomic mass is 9.97. The van der Waals surface area contributed by atoms with Crippen LogP contribution in [0.1, 0.15) is 16.7 Å². The van der Waals surface area contributed by atoms with E-state index in [0.29, 0.717) is 12.1 Å². The minimum absolute atomic E-state index is 0.251. The molecule has 0 radical (unpaired) electrons. The van der Waals surface area contributed by atoms with Gasteiger partial charge < -0.3 is 15.5 Å². The number of nitriles is 1.